The first-order valence-electron chi connectivity index (χ1n) is 13.6. The molecule has 1 amide bonds. The van der Waals surface area contributed by atoms with Crippen molar-refractivity contribution in [3.05, 3.63) is 87.2 Å². The number of carbonyl (C=O) groups excluding carboxylic acids is 1. The van der Waals surface area contributed by atoms with E-state index in [-0.39, 0.29) is 24.3 Å². The van der Waals surface area contributed by atoms with E-state index in [0.29, 0.717) is 47.5 Å². The van der Waals surface area contributed by atoms with Crippen molar-refractivity contribution in [1.82, 2.24) is 10.2 Å². The number of carbonyl (C=O) groups is 1. The van der Waals surface area contributed by atoms with E-state index in [9.17, 15) is 35.5 Å². The van der Waals surface area contributed by atoms with Gasteiger partial charge in [0, 0.05) is 24.7 Å². The molecule has 5 nitrogen and oxygen atoms in total. The van der Waals surface area contributed by atoms with Crippen molar-refractivity contribution < 1.29 is 45.0 Å². The highest BCUT2D eigenvalue weighted by atomic mass is 19.4. The SMILES string of the molecule is COc1cc(F)c(C(C)C)cc1-c1cc2c(cc1CN1C(=O)O[C@H](c3cc(C(F)(F)F)cc(C(F)(F)F)c3)[C@@H]1C)CNC2. The van der Waals surface area contributed by atoms with Crippen LogP contribution in [0.1, 0.15) is 71.7 Å². The van der Waals surface area contributed by atoms with E-state index >= 15 is 0 Å². The number of cyclic esters (lactones) is 1. The number of halogens is 7. The molecule has 2 atom stereocenters. The van der Waals surface area contributed by atoms with E-state index in [1.54, 1.807) is 6.07 Å². The van der Waals surface area contributed by atoms with Gasteiger partial charge in [-0.15, -0.1) is 0 Å². The molecule has 1 fully saturated rings. The Morgan fingerprint density at radius 2 is 1.53 bits per heavy atom. The lowest BCUT2D eigenvalue weighted by molar-refractivity contribution is -0.143. The summed E-state index contributed by atoms with van der Waals surface area (Å²) in [5.41, 5.74) is 0.901. The van der Waals surface area contributed by atoms with Gasteiger partial charge >= 0.3 is 18.4 Å². The maximum Gasteiger partial charge on any atom is 0.416 e. The maximum atomic E-state index is 14.8. The van der Waals surface area contributed by atoms with Crippen molar-refractivity contribution >= 4 is 6.09 Å². The molecule has 0 radical (unpaired) electrons. The monoisotopic (exact) mass is 610 g/mol. The van der Waals surface area contributed by atoms with Gasteiger partial charge in [-0.25, -0.2) is 9.18 Å². The number of ether oxygens (including phenoxy) is 2. The number of nitrogens with one attached hydrogen (secondary N) is 1. The number of fused-ring (bicyclic) bond motifs is 1. The number of alkyl halides is 6. The summed E-state index contributed by atoms with van der Waals surface area (Å²) in [6.45, 7) is 6.29. The fourth-order valence-electron chi connectivity index (χ4n) is 5.66. The van der Waals surface area contributed by atoms with Crippen LogP contribution in [0.4, 0.5) is 35.5 Å². The molecule has 3 aromatic rings. The van der Waals surface area contributed by atoms with E-state index in [1.165, 1.54) is 25.0 Å². The molecule has 0 saturated carbocycles. The molecule has 0 aromatic heterocycles. The maximum absolute atomic E-state index is 14.8. The fraction of sp³-hybridized carbons (Fsp3) is 0.387. The molecule has 43 heavy (non-hydrogen) atoms. The van der Waals surface area contributed by atoms with Gasteiger partial charge in [-0.1, -0.05) is 19.9 Å². The molecule has 0 aliphatic carbocycles. The quantitative estimate of drug-likeness (QED) is 0.285. The molecule has 1 saturated heterocycles. The van der Waals surface area contributed by atoms with Crippen molar-refractivity contribution in [1.29, 1.82) is 0 Å². The summed E-state index contributed by atoms with van der Waals surface area (Å²) in [7, 11) is 1.41. The highest BCUT2D eigenvalue weighted by Crippen LogP contribution is 2.43. The van der Waals surface area contributed by atoms with Crippen molar-refractivity contribution in [3.8, 4) is 16.9 Å². The van der Waals surface area contributed by atoms with Crippen LogP contribution in [0.15, 0.2) is 42.5 Å². The number of hydrogen-bond acceptors (Lipinski definition) is 4. The molecular formula is C31H29F7N2O3. The minimum absolute atomic E-state index is 0.0368. The molecular weight excluding hydrogens is 581 g/mol. The van der Waals surface area contributed by atoms with Gasteiger partial charge in [0.2, 0.25) is 0 Å². The van der Waals surface area contributed by atoms with E-state index in [0.717, 1.165) is 11.1 Å². The number of nitrogens with zero attached hydrogens (tertiary/aromatic N) is 1. The lowest BCUT2D eigenvalue weighted by atomic mass is 9.90. The summed E-state index contributed by atoms with van der Waals surface area (Å²) in [5, 5.41) is 3.26. The Bertz CT molecular complexity index is 1530. The topological polar surface area (TPSA) is 50.8 Å². The zero-order chi connectivity index (χ0) is 31.4. The summed E-state index contributed by atoms with van der Waals surface area (Å²) >= 11 is 0. The van der Waals surface area contributed by atoms with Gasteiger partial charge in [-0.05, 0) is 76.6 Å². The van der Waals surface area contributed by atoms with Crippen LogP contribution in [0.5, 0.6) is 5.75 Å². The molecule has 1 N–H and O–H groups in total. The summed E-state index contributed by atoms with van der Waals surface area (Å²) in [5.74, 6) is -0.306. The van der Waals surface area contributed by atoms with Crippen molar-refractivity contribution in [2.45, 2.75) is 70.8 Å². The zero-order valence-corrected chi connectivity index (χ0v) is 23.7. The summed E-state index contributed by atoms with van der Waals surface area (Å²) in [6, 6.07) is 7.09. The Balaban J connectivity index is 1.56. The third kappa shape index (κ3) is 5.89. The summed E-state index contributed by atoms with van der Waals surface area (Å²) in [6.07, 6.45) is -12.4. The molecule has 230 valence electrons. The average Bonchev–Trinajstić information content (AvgIpc) is 3.50. The number of benzene rings is 3. The molecule has 2 aliphatic rings. The van der Waals surface area contributed by atoms with Crippen LogP contribution in [-0.2, 0) is 36.7 Å². The minimum Gasteiger partial charge on any atom is -0.496 e. The van der Waals surface area contributed by atoms with Gasteiger partial charge in [0.25, 0.3) is 0 Å². The summed E-state index contributed by atoms with van der Waals surface area (Å²) < 4.78 is 107. The second-order valence-corrected chi connectivity index (χ2v) is 11.1. The fourth-order valence-corrected chi connectivity index (χ4v) is 5.66. The van der Waals surface area contributed by atoms with Gasteiger partial charge in [0.05, 0.1) is 30.8 Å². The second kappa shape index (κ2) is 11.0. The van der Waals surface area contributed by atoms with Gasteiger partial charge < -0.3 is 14.8 Å². The first-order valence-corrected chi connectivity index (χ1v) is 13.6. The van der Waals surface area contributed by atoms with Crippen LogP contribution in [0.2, 0.25) is 0 Å². The Kier molecular flexibility index (Phi) is 7.87. The Morgan fingerprint density at radius 1 is 0.930 bits per heavy atom. The van der Waals surface area contributed by atoms with Crippen LogP contribution in [0.25, 0.3) is 11.1 Å². The van der Waals surface area contributed by atoms with Gasteiger partial charge in [0.1, 0.15) is 17.7 Å². The number of amides is 1. The van der Waals surface area contributed by atoms with Crippen molar-refractivity contribution in [3.63, 3.8) is 0 Å². The molecule has 0 spiro atoms. The first kappa shape index (κ1) is 30.7. The van der Waals surface area contributed by atoms with Crippen LogP contribution < -0.4 is 10.1 Å². The third-order valence-corrected chi connectivity index (χ3v) is 7.96. The van der Waals surface area contributed by atoms with Crippen molar-refractivity contribution in [2.75, 3.05) is 7.11 Å². The average molecular weight is 611 g/mol. The highest BCUT2D eigenvalue weighted by Gasteiger charge is 2.43. The molecule has 2 heterocycles. The Labute approximate surface area is 243 Å². The number of hydrogen-bond donors (Lipinski definition) is 1. The predicted molar refractivity (Wildman–Crippen MR) is 144 cm³/mol. The number of methoxy groups -OCH3 is 1. The molecule has 0 unspecified atom stereocenters. The van der Waals surface area contributed by atoms with E-state index in [1.807, 2.05) is 26.0 Å². The largest absolute Gasteiger partial charge is 0.496 e. The third-order valence-electron chi connectivity index (χ3n) is 7.96. The standard InChI is InChI=1S/C31H29F7N2O3/c1-15(2)23-10-25(27(42-4)11-26(23)32)24-8-19-13-39-12-18(19)5-20(24)14-40-16(3)28(43-29(40)41)17-6-21(30(33,34)35)9-22(7-17)31(36,37)38/h5-11,15-16,28,39H,12-14H2,1-4H3/t16-,28-/m0/s1. The van der Waals surface area contributed by atoms with Crippen molar-refractivity contribution in [2.24, 2.45) is 0 Å². The summed E-state index contributed by atoms with van der Waals surface area (Å²) in [4.78, 5) is 14.4. The van der Waals surface area contributed by atoms with Crippen LogP contribution in [-0.4, -0.2) is 24.1 Å². The lowest BCUT2D eigenvalue weighted by Crippen LogP contribution is -2.31. The molecule has 5 rings (SSSR count). The van der Waals surface area contributed by atoms with Gasteiger partial charge in [-0.3, -0.25) is 4.90 Å². The van der Waals surface area contributed by atoms with Gasteiger partial charge in [0.15, 0.2) is 0 Å². The smallest absolute Gasteiger partial charge is 0.416 e. The first-order chi connectivity index (χ1) is 20.1. The molecule has 12 heteroatoms. The Hall–Kier alpha value is -3.80. The zero-order valence-electron chi connectivity index (χ0n) is 23.7. The predicted octanol–water partition coefficient (Wildman–Crippen LogP) is 8.35. The Morgan fingerprint density at radius 3 is 2.09 bits per heavy atom. The second-order valence-electron chi connectivity index (χ2n) is 11.1. The van der Waals surface area contributed by atoms with Gasteiger partial charge in [-0.2, -0.15) is 26.3 Å². The molecule has 2 aliphatic heterocycles. The molecule has 3 aromatic carbocycles. The van der Waals surface area contributed by atoms with Crippen LogP contribution in [0.3, 0.4) is 0 Å². The normalized spacial score (nSPS) is 18.8. The number of rotatable bonds is 6. The highest BCUT2D eigenvalue weighted by molar-refractivity contribution is 5.77. The lowest BCUT2D eigenvalue weighted by Gasteiger charge is -2.24. The van der Waals surface area contributed by atoms with Crippen LogP contribution in [0, 0.1) is 5.82 Å². The van der Waals surface area contributed by atoms with E-state index in [4.69, 9.17) is 9.47 Å². The molecule has 0 bridgehead atoms. The van der Waals surface area contributed by atoms with E-state index in [2.05, 4.69) is 5.32 Å². The van der Waals surface area contributed by atoms with Crippen LogP contribution >= 0.6 is 0 Å². The minimum atomic E-state index is -5.04. The van der Waals surface area contributed by atoms with E-state index < -0.39 is 53.1 Å².